The molecule has 0 atom stereocenters. The summed E-state index contributed by atoms with van der Waals surface area (Å²) in [5.41, 5.74) is 2.75. The number of aromatic nitrogens is 3. The van der Waals surface area contributed by atoms with Crippen LogP contribution in [0.25, 0.3) is 11.0 Å². The van der Waals surface area contributed by atoms with Crippen molar-refractivity contribution in [3.63, 3.8) is 0 Å². The second-order valence-electron chi connectivity index (χ2n) is 6.45. The summed E-state index contributed by atoms with van der Waals surface area (Å²) in [5.74, 6) is -0.414. The van der Waals surface area contributed by atoms with Gasteiger partial charge in [-0.05, 0) is 35.9 Å². The van der Waals surface area contributed by atoms with Gasteiger partial charge in [-0.3, -0.25) is 4.79 Å². The van der Waals surface area contributed by atoms with Gasteiger partial charge in [-0.1, -0.05) is 17.3 Å². The normalized spacial score (nSPS) is 10.7. The highest BCUT2D eigenvalue weighted by atomic mass is 19.1. The number of halogens is 1. The second-order valence-corrected chi connectivity index (χ2v) is 6.45. The van der Waals surface area contributed by atoms with E-state index in [0.29, 0.717) is 30.7 Å². The molecular formula is C19H21FN6O2. The molecule has 3 rings (SSSR count). The quantitative estimate of drug-likeness (QED) is 0.678. The molecule has 0 aliphatic rings. The fourth-order valence-electron chi connectivity index (χ4n) is 2.65. The van der Waals surface area contributed by atoms with Gasteiger partial charge in [0, 0.05) is 32.7 Å². The predicted molar refractivity (Wildman–Crippen MR) is 102 cm³/mol. The zero-order valence-corrected chi connectivity index (χ0v) is 15.6. The second kappa shape index (κ2) is 8.47. The molecular weight excluding hydrogens is 363 g/mol. The molecule has 0 fully saturated rings. The summed E-state index contributed by atoms with van der Waals surface area (Å²) in [6.45, 7) is 1.09. The summed E-state index contributed by atoms with van der Waals surface area (Å²) in [5, 5.41) is 13.6. The van der Waals surface area contributed by atoms with E-state index >= 15 is 0 Å². The molecule has 0 unspecified atom stereocenters. The number of rotatable bonds is 6. The smallest absolute Gasteiger partial charge is 0.315 e. The highest BCUT2D eigenvalue weighted by Gasteiger charge is 2.11. The maximum atomic E-state index is 12.9. The van der Waals surface area contributed by atoms with Crippen LogP contribution in [0.1, 0.15) is 15.9 Å². The predicted octanol–water partition coefficient (Wildman–Crippen LogP) is 1.77. The molecule has 0 saturated heterocycles. The molecule has 146 valence electrons. The summed E-state index contributed by atoms with van der Waals surface area (Å²) in [6, 6.07) is 10.8. The monoisotopic (exact) mass is 384 g/mol. The average Bonchev–Trinajstić information content (AvgIpc) is 3.09. The van der Waals surface area contributed by atoms with Gasteiger partial charge in [-0.15, -0.1) is 5.10 Å². The van der Waals surface area contributed by atoms with E-state index in [0.717, 1.165) is 11.1 Å². The molecule has 0 aliphatic heterocycles. The summed E-state index contributed by atoms with van der Waals surface area (Å²) in [4.78, 5) is 25.4. The molecule has 8 nitrogen and oxygen atoms in total. The SMILES string of the molecule is CN(C)C(=O)c1ccc2c(c1)nnn2CCNC(=O)NCc1ccc(F)cc1. The molecule has 9 heteroatoms. The molecule has 1 aromatic heterocycles. The van der Waals surface area contributed by atoms with E-state index in [1.54, 1.807) is 49.1 Å². The summed E-state index contributed by atoms with van der Waals surface area (Å²) in [7, 11) is 3.38. The minimum absolute atomic E-state index is 0.101. The van der Waals surface area contributed by atoms with E-state index in [9.17, 15) is 14.0 Å². The molecule has 2 N–H and O–H groups in total. The van der Waals surface area contributed by atoms with Crippen molar-refractivity contribution in [3.8, 4) is 0 Å². The Morgan fingerprint density at radius 3 is 2.57 bits per heavy atom. The van der Waals surface area contributed by atoms with Crippen molar-refractivity contribution in [3.05, 3.63) is 59.4 Å². The largest absolute Gasteiger partial charge is 0.345 e. The molecule has 0 spiro atoms. The number of nitrogens with one attached hydrogen (secondary N) is 2. The number of urea groups is 1. The van der Waals surface area contributed by atoms with Gasteiger partial charge in [-0.2, -0.15) is 0 Å². The summed E-state index contributed by atoms with van der Waals surface area (Å²) < 4.78 is 14.5. The van der Waals surface area contributed by atoms with Crippen LogP contribution in [0.3, 0.4) is 0 Å². The lowest BCUT2D eigenvalue weighted by molar-refractivity contribution is 0.0827. The van der Waals surface area contributed by atoms with Crippen molar-refractivity contribution < 1.29 is 14.0 Å². The minimum atomic E-state index is -0.326. The van der Waals surface area contributed by atoms with Gasteiger partial charge in [-0.25, -0.2) is 13.9 Å². The third-order valence-corrected chi connectivity index (χ3v) is 4.14. The first kappa shape index (κ1) is 19.3. The fraction of sp³-hybridized carbons (Fsp3) is 0.263. The van der Waals surface area contributed by atoms with Gasteiger partial charge < -0.3 is 15.5 Å². The Morgan fingerprint density at radius 2 is 1.86 bits per heavy atom. The highest BCUT2D eigenvalue weighted by Crippen LogP contribution is 2.14. The molecule has 28 heavy (non-hydrogen) atoms. The van der Waals surface area contributed by atoms with E-state index in [4.69, 9.17) is 0 Å². The highest BCUT2D eigenvalue weighted by molar-refractivity contribution is 5.97. The van der Waals surface area contributed by atoms with E-state index in [1.165, 1.54) is 17.0 Å². The van der Waals surface area contributed by atoms with Gasteiger partial charge >= 0.3 is 6.03 Å². The number of fused-ring (bicyclic) bond motifs is 1. The standard InChI is InChI=1S/C19H21FN6O2/c1-25(2)18(27)14-5-8-17-16(11-14)23-24-26(17)10-9-21-19(28)22-12-13-3-6-15(20)7-4-13/h3-8,11H,9-10,12H2,1-2H3,(H2,21,22,28). The van der Waals surface area contributed by atoms with Crippen LogP contribution in [0.5, 0.6) is 0 Å². The number of hydrogen-bond acceptors (Lipinski definition) is 4. The van der Waals surface area contributed by atoms with Crippen LogP contribution < -0.4 is 10.6 Å². The summed E-state index contributed by atoms with van der Waals surface area (Å²) in [6.07, 6.45) is 0. The Balaban J connectivity index is 1.51. The van der Waals surface area contributed by atoms with Crippen molar-refractivity contribution >= 4 is 23.0 Å². The van der Waals surface area contributed by atoms with E-state index < -0.39 is 0 Å². The van der Waals surface area contributed by atoms with Crippen LogP contribution in [0, 0.1) is 5.82 Å². The number of hydrogen-bond donors (Lipinski definition) is 2. The van der Waals surface area contributed by atoms with Crippen LogP contribution in [0.4, 0.5) is 9.18 Å². The fourth-order valence-corrected chi connectivity index (χ4v) is 2.65. The molecule has 2 aromatic carbocycles. The van der Waals surface area contributed by atoms with Gasteiger partial charge in [0.2, 0.25) is 0 Å². The minimum Gasteiger partial charge on any atom is -0.345 e. The van der Waals surface area contributed by atoms with E-state index in [2.05, 4.69) is 20.9 Å². The first-order chi connectivity index (χ1) is 13.4. The van der Waals surface area contributed by atoms with Gasteiger partial charge in [0.1, 0.15) is 11.3 Å². The third-order valence-electron chi connectivity index (χ3n) is 4.14. The third kappa shape index (κ3) is 4.61. The van der Waals surface area contributed by atoms with Crippen molar-refractivity contribution in [2.24, 2.45) is 0 Å². The molecule has 0 bridgehead atoms. The Labute approximate surface area is 161 Å². The summed E-state index contributed by atoms with van der Waals surface area (Å²) >= 11 is 0. The molecule has 0 radical (unpaired) electrons. The Morgan fingerprint density at radius 1 is 1.11 bits per heavy atom. The van der Waals surface area contributed by atoms with Crippen LogP contribution in [0.15, 0.2) is 42.5 Å². The zero-order chi connectivity index (χ0) is 20.1. The lowest BCUT2D eigenvalue weighted by atomic mass is 10.2. The number of amides is 3. The van der Waals surface area contributed by atoms with Crippen LogP contribution >= 0.6 is 0 Å². The van der Waals surface area contributed by atoms with Crippen molar-refractivity contribution in [1.82, 2.24) is 30.5 Å². The Hall–Kier alpha value is -3.49. The molecule has 1 heterocycles. The van der Waals surface area contributed by atoms with Crippen molar-refractivity contribution in [1.29, 1.82) is 0 Å². The lowest BCUT2D eigenvalue weighted by Crippen LogP contribution is -2.36. The average molecular weight is 384 g/mol. The number of carbonyl (C=O) groups is 2. The van der Waals surface area contributed by atoms with Crippen molar-refractivity contribution in [2.45, 2.75) is 13.1 Å². The Kier molecular flexibility index (Phi) is 5.83. The molecule has 3 aromatic rings. The lowest BCUT2D eigenvalue weighted by Gasteiger charge is -2.10. The van der Waals surface area contributed by atoms with Crippen LogP contribution in [-0.2, 0) is 13.1 Å². The maximum absolute atomic E-state index is 12.9. The van der Waals surface area contributed by atoms with Crippen molar-refractivity contribution in [2.75, 3.05) is 20.6 Å². The zero-order valence-electron chi connectivity index (χ0n) is 15.6. The van der Waals surface area contributed by atoms with Crippen LogP contribution in [-0.4, -0.2) is 52.5 Å². The number of nitrogens with zero attached hydrogens (tertiary/aromatic N) is 4. The molecule has 0 aliphatic carbocycles. The Bertz CT molecular complexity index is 984. The first-order valence-electron chi connectivity index (χ1n) is 8.75. The van der Waals surface area contributed by atoms with Gasteiger partial charge in [0.25, 0.3) is 5.91 Å². The van der Waals surface area contributed by atoms with Crippen LogP contribution in [0.2, 0.25) is 0 Å². The maximum Gasteiger partial charge on any atom is 0.315 e. The number of carbonyl (C=O) groups excluding carboxylic acids is 2. The van der Waals surface area contributed by atoms with Gasteiger partial charge in [0.05, 0.1) is 12.1 Å². The topological polar surface area (TPSA) is 92.2 Å². The first-order valence-corrected chi connectivity index (χ1v) is 8.75. The van der Waals surface area contributed by atoms with E-state index in [1.807, 2.05) is 0 Å². The molecule has 3 amide bonds. The van der Waals surface area contributed by atoms with Gasteiger partial charge in [0.15, 0.2) is 0 Å². The number of benzene rings is 2. The van der Waals surface area contributed by atoms with E-state index in [-0.39, 0.29) is 17.8 Å². The molecule has 0 saturated carbocycles.